The standard InChI is InChI=1S/C20H21NO5/c1-12-6-13(2)8-16(7-12)20(23)26-14(3)19(22)21-10-15-4-5-17-18(9-15)25-11-24-17/h4-9,14H,10-11H2,1-3H3,(H,21,22)/t14-/m1/s1. The molecule has 136 valence electrons. The number of fused-ring (bicyclic) bond motifs is 1. The number of benzene rings is 2. The van der Waals surface area contributed by atoms with Crippen LogP contribution in [0.2, 0.25) is 0 Å². The van der Waals surface area contributed by atoms with Crippen molar-refractivity contribution in [2.45, 2.75) is 33.4 Å². The van der Waals surface area contributed by atoms with Crippen LogP contribution in [0, 0.1) is 13.8 Å². The topological polar surface area (TPSA) is 73.9 Å². The van der Waals surface area contributed by atoms with Crippen LogP contribution in [0.4, 0.5) is 0 Å². The van der Waals surface area contributed by atoms with Gasteiger partial charge in [0.25, 0.3) is 5.91 Å². The molecule has 6 nitrogen and oxygen atoms in total. The SMILES string of the molecule is Cc1cc(C)cc(C(=O)O[C@H](C)C(=O)NCc2ccc3c(c2)OCO3)c1. The minimum Gasteiger partial charge on any atom is -0.454 e. The number of nitrogens with one attached hydrogen (secondary N) is 1. The molecule has 1 N–H and O–H groups in total. The molecule has 0 unspecified atom stereocenters. The van der Waals surface area contributed by atoms with Crippen LogP contribution in [-0.2, 0) is 16.1 Å². The molecule has 1 aliphatic rings. The molecule has 0 aliphatic carbocycles. The molecule has 6 heteroatoms. The van der Waals surface area contributed by atoms with E-state index in [1.165, 1.54) is 0 Å². The zero-order chi connectivity index (χ0) is 18.7. The summed E-state index contributed by atoms with van der Waals surface area (Å²) < 4.78 is 15.8. The number of carbonyl (C=O) groups is 2. The highest BCUT2D eigenvalue weighted by Gasteiger charge is 2.19. The Morgan fingerprint density at radius 1 is 1.08 bits per heavy atom. The van der Waals surface area contributed by atoms with Crippen LogP contribution in [0.15, 0.2) is 36.4 Å². The van der Waals surface area contributed by atoms with Crippen LogP contribution in [0.3, 0.4) is 0 Å². The Hall–Kier alpha value is -3.02. The first-order chi connectivity index (χ1) is 12.4. The smallest absolute Gasteiger partial charge is 0.338 e. The Bertz CT molecular complexity index is 826. The molecule has 0 saturated carbocycles. The Balaban J connectivity index is 1.55. The predicted molar refractivity (Wildman–Crippen MR) is 95.2 cm³/mol. The summed E-state index contributed by atoms with van der Waals surface area (Å²) in [4.78, 5) is 24.4. The minimum atomic E-state index is -0.891. The quantitative estimate of drug-likeness (QED) is 0.835. The van der Waals surface area contributed by atoms with E-state index in [9.17, 15) is 9.59 Å². The zero-order valence-corrected chi connectivity index (χ0v) is 15.0. The molecule has 0 spiro atoms. The van der Waals surface area contributed by atoms with Gasteiger partial charge in [0.15, 0.2) is 17.6 Å². The molecule has 2 aromatic rings. The van der Waals surface area contributed by atoms with Crippen molar-refractivity contribution < 1.29 is 23.8 Å². The summed E-state index contributed by atoms with van der Waals surface area (Å²) in [6.45, 7) is 5.88. The van der Waals surface area contributed by atoms with E-state index in [1.54, 1.807) is 25.1 Å². The van der Waals surface area contributed by atoms with Gasteiger partial charge in [-0.05, 0) is 50.6 Å². The first kappa shape index (κ1) is 17.8. The van der Waals surface area contributed by atoms with Gasteiger partial charge in [0.2, 0.25) is 6.79 Å². The third kappa shape index (κ3) is 4.14. The summed E-state index contributed by atoms with van der Waals surface area (Å²) in [5.41, 5.74) is 3.25. The average molecular weight is 355 g/mol. The first-order valence-corrected chi connectivity index (χ1v) is 8.38. The van der Waals surface area contributed by atoms with Crippen LogP contribution in [-0.4, -0.2) is 24.8 Å². The van der Waals surface area contributed by atoms with Crippen molar-refractivity contribution in [1.82, 2.24) is 5.32 Å². The maximum Gasteiger partial charge on any atom is 0.338 e. The van der Waals surface area contributed by atoms with Gasteiger partial charge in [-0.15, -0.1) is 0 Å². The third-order valence-electron chi connectivity index (χ3n) is 4.01. The number of rotatable bonds is 5. The fourth-order valence-electron chi connectivity index (χ4n) is 2.76. The van der Waals surface area contributed by atoms with Crippen molar-refractivity contribution in [3.05, 3.63) is 58.7 Å². The van der Waals surface area contributed by atoms with Gasteiger partial charge in [-0.2, -0.15) is 0 Å². The lowest BCUT2D eigenvalue weighted by Gasteiger charge is -2.14. The van der Waals surface area contributed by atoms with Crippen molar-refractivity contribution >= 4 is 11.9 Å². The van der Waals surface area contributed by atoms with E-state index in [1.807, 2.05) is 32.0 Å². The summed E-state index contributed by atoms with van der Waals surface area (Å²) in [5.74, 6) is 0.477. The minimum absolute atomic E-state index is 0.205. The molecule has 3 rings (SSSR count). The molecule has 1 heterocycles. The molecule has 0 bridgehead atoms. The van der Waals surface area contributed by atoms with Crippen molar-refractivity contribution in [1.29, 1.82) is 0 Å². The number of carbonyl (C=O) groups excluding carboxylic acids is 2. The fourth-order valence-corrected chi connectivity index (χ4v) is 2.76. The summed E-state index contributed by atoms with van der Waals surface area (Å²) in [6.07, 6.45) is -0.891. The Kier molecular flexibility index (Phi) is 5.11. The molecule has 1 aliphatic heterocycles. The first-order valence-electron chi connectivity index (χ1n) is 8.38. The van der Waals surface area contributed by atoms with Crippen LogP contribution in [0.5, 0.6) is 11.5 Å². The van der Waals surface area contributed by atoms with E-state index in [-0.39, 0.29) is 12.7 Å². The second kappa shape index (κ2) is 7.47. The third-order valence-corrected chi connectivity index (χ3v) is 4.01. The number of hydrogen-bond donors (Lipinski definition) is 1. The molecule has 1 atom stereocenters. The van der Waals surface area contributed by atoms with Crippen molar-refractivity contribution in [2.24, 2.45) is 0 Å². The predicted octanol–water partition coefficient (Wildman–Crippen LogP) is 2.89. The fraction of sp³-hybridized carbons (Fsp3) is 0.300. The highest BCUT2D eigenvalue weighted by atomic mass is 16.7. The molecule has 0 radical (unpaired) electrons. The van der Waals surface area contributed by atoms with E-state index in [0.29, 0.717) is 23.6 Å². The van der Waals surface area contributed by atoms with Gasteiger partial charge in [0.1, 0.15) is 0 Å². The van der Waals surface area contributed by atoms with Crippen molar-refractivity contribution in [2.75, 3.05) is 6.79 Å². The number of aryl methyl sites for hydroxylation is 2. The summed E-state index contributed by atoms with van der Waals surface area (Å²) >= 11 is 0. The Morgan fingerprint density at radius 3 is 2.50 bits per heavy atom. The molecular weight excluding hydrogens is 334 g/mol. The second-order valence-electron chi connectivity index (χ2n) is 6.33. The summed E-state index contributed by atoms with van der Waals surface area (Å²) in [7, 11) is 0. The van der Waals surface area contributed by atoms with Crippen molar-refractivity contribution in [3.8, 4) is 11.5 Å². The number of ether oxygens (including phenoxy) is 3. The van der Waals surface area contributed by atoms with E-state index in [4.69, 9.17) is 14.2 Å². The maximum absolute atomic E-state index is 12.2. The lowest BCUT2D eigenvalue weighted by molar-refractivity contribution is -0.129. The summed E-state index contributed by atoms with van der Waals surface area (Å²) in [6, 6.07) is 10.9. The highest BCUT2D eigenvalue weighted by Crippen LogP contribution is 2.32. The second-order valence-corrected chi connectivity index (χ2v) is 6.33. The van der Waals surface area contributed by atoms with Gasteiger partial charge in [-0.25, -0.2) is 4.79 Å². The maximum atomic E-state index is 12.2. The van der Waals surface area contributed by atoms with E-state index < -0.39 is 12.1 Å². The van der Waals surface area contributed by atoms with Crippen LogP contribution >= 0.6 is 0 Å². The van der Waals surface area contributed by atoms with Gasteiger partial charge in [-0.3, -0.25) is 4.79 Å². The average Bonchev–Trinajstić information content (AvgIpc) is 3.06. The molecule has 2 aromatic carbocycles. The molecule has 1 amide bonds. The normalized spacial score (nSPS) is 13.2. The highest BCUT2D eigenvalue weighted by molar-refractivity contribution is 5.92. The van der Waals surface area contributed by atoms with E-state index in [2.05, 4.69) is 5.32 Å². The number of esters is 1. The van der Waals surface area contributed by atoms with Gasteiger partial charge in [0, 0.05) is 6.54 Å². The Morgan fingerprint density at radius 2 is 1.77 bits per heavy atom. The number of amides is 1. The molecule has 0 saturated heterocycles. The van der Waals surface area contributed by atoms with Gasteiger partial charge >= 0.3 is 5.97 Å². The van der Waals surface area contributed by atoms with Crippen LogP contribution in [0.1, 0.15) is 34.0 Å². The molecule has 0 fully saturated rings. The molecular formula is C20H21NO5. The van der Waals surface area contributed by atoms with E-state index >= 15 is 0 Å². The number of hydrogen-bond acceptors (Lipinski definition) is 5. The zero-order valence-electron chi connectivity index (χ0n) is 15.0. The monoisotopic (exact) mass is 355 g/mol. The lowest BCUT2D eigenvalue weighted by atomic mass is 10.1. The summed E-state index contributed by atoms with van der Waals surface area (Å²) in [5, 5.41) is 2.76. The lowest BCUT2D eigenvalue weighted by Crippen LogP contribution is -2.35. The van der Waals surface area contributed by atoms with Crippen LogP contribution < -0.4 is 14.8 Å². The van der Waals surface area contributed by atoms with Crippen LogP contribution in [0.25, 0.3) is 0 Å². The largest absolute Gasteiger partial charge is 0.454 e. The molecule has 0 aromatic heterocycles. The van der Waals surface area contributed by atoms with Gasteiger partial charge < -0.3 is 19.5 Å². The van der Waals surface area contributed by atoms with Crippen molar-refractivity contribution in [3.63, 3.8) is 0 Å². The van der Waals surface area contributed by atoms with E-state index in [0.717, 1.165) is 16.7 Å². The molecule has 26 heavy (non-hydrogen) atoms. The van der Waals surface area contributed by atoms with Gasteiger partial charge in [0.05, 0.1) is 5.56 Å². The van der Waals surface area contributed by atoms with Gasteiger partial charge in [-0.1, -0.05) is 23.3 Å². The Labute approximate surface area is 152 Å².